The number of imide groups is 1. The van der Waals surface area contributed by atoms with Crippen molar-refractivity contribution in [2.45, 2.75) is 38.1 Å². The second-order valence-corrected chi connectivity index (χ2v) is 9.28. The molecule has 1 unspecified atom stereocenters. The minimum atomic E-state index is -1.23. The van der Waals surface area contributed by atoms with E-state index in [-0.39, 0.29) is 6.54 Å². The summed E-state index contributed by atoms with van der Waals surface area (Å²) in [7, 11) is 0. The second kappa shape index (κ2) is 9.32. The lowest BCUT2D eigenvalue weighted by molar-refractivity contribution is -0.133. The van der Waals surface area contributed by atoms with Crippen LogP contribution < -0.4 is 15.5 Å². The molecule has 168 valence electrons. The van der Waals surface area contributed by atoms with Gasteiger partial charge in [-0.25, -0.2) is 4.79 Å². The number of rotatable bonds is 5. The molecular weight excluding hydrogens is 472 g/mol. The van der Waals surface area contributed by atoms with Crippen molar-refractivity contribution < 1.29 is 14.4 Å². The molecule has 2 aliphatic heterocycles. The largest absolute Gasteiger partial charge is 0.372 e. The first-order valence-corrected chi connectivity index (χ1v) is 11.7. The zero-order chi connectivity index (χ0) is 22.7. The van der Waals surface area contributed by atoms with Gasteiger partial charge >= 0.3 is 6.03 Å². The monoisotopic (exact) mass is 498 g/mol. The lowest BCUT2D eigenvalue weighted by Gasteiger charge is -2.23. The second-order valence-electron chi connectivity index (χ2n) is 8.42. The van der Waals surface area contributed by atoms with Gasteiger partial charge in [0.15, 0.2) is 0 Å². The van der Waals surface area contributed by atoms with Gasteiger partial charge in [0.25, 0.3) is 5.91 Å². The molecule has 0 aromatic heterocycles. The number of benzene rings is 2. The molecule has 0 radical (unpaired) electrons. The molecule has 2 aromatic carbocycles. The highest BCUT2D eigenvalue weighted by molar-refractivity contribution is 9.10. The molecule has 2 aromatic rings. The molecule has 4 rings (SSSR count). The molecule has 0 saturated carbocycles. The van der Waals surface area contributed by atoms with Crippen molar-refractivity contribution in [1.82, 2.24) is 10.2 Å². The maximum Gasteiger partial charge on any atom is 0.325 e. The third-order valence-corrected chi connectivity index (χ3v) is 6.80. The van der Waals surface area contributed by atoms with Gasteiger partial charge in [0.2, 0.25) is 5.91 Å². The van der Waals surface area contributed by atoms with Crippen LogP contribution in [0, 0.1) is 0 Å². The van der Waals surface area contributed by atoms with Crippen LogP contribution in [0.5, 0.6) is 0 Å². The number of carbonyl (C=O) groups is 3. The Balaban J connectivity index is 1.40. The fourth-order valence-corrected chi connectivity index (χ4v) is 5.00. The summed E-state index contributed by atoms with van der Waals surface area (Å²) in [6, 6.07) is 14.3. The third-order valence-electron chi connectivity index (χ3n) is 6.11. The highest BCUT2D eigenvalue weighted by Gasteiger charge is 2.50. The van der Waals surface area contributed by atoms with E-state index in [1.807, 2.05) is 36.4 Å². The highest BCUT2D eigenvalue weighted by Crippen LogP contribution is 2.33. The molecule has 8 heteroatoms. The fraction of sp³-hybridized carbons (Fsp3) is 0.375. The van der Waals surface area contributed by atoms with E-state index in [9.17, 15) is 14.4 Å². The van der Waals surface area contributed by atoms with Crippen molar-refractivity contribution in [2.24, 2.45) is 0 Å². The molecular formula is C24H27BrN4O3. The van der Waals surface area contributed by atoms with E-state index >= 15 is 0 Å². The predicted molar refractivity (Wildman–Crippen MR) is 127 cm³/mol. The lowest BCUT2D eigenvalue weighted by Crippen LogP contribution is -2.42. The van der Waals surface area contributed by atoms with Crippen LogP contribution in [-0.4, -0.2) is 42.4 Å². The van der Waals surface area contributed by atoms with E-state index in [4.69, 9.17) is 0 Å². The van der Waals surface area contributed by atoms with Crippen LogP contribution in [0.15, 0.2) is 53.0 Å². The molecule has 2 N–H and O–H groups in total. The van der Waals surface area contributed by atoms with Gasteiger partial charge in [0.1, 0.15) is 12.1 Å². The Labute approximate surface area is 196 Å². The molecule has 0 aliphatic carbocycles. The Morgan fingerprint density at radius 2 is 1.69 bits per heavy atom. The summed E-state index contributed by atoms with van der Waals surface area (Å²) in [5.74, 6) is -0.881. The molecule has 4 amide bonds. The number of urea groups is 1. The Bertz CT molecular complexity index is 1020. The molecule has 2 saturated heterocycles. The van der Waals surface area contributed by atoms with E-state index in [1.54, 1.807) is 19.1 Å². The average Bonchev–Trinajstić information content (AvgIpc) is 2.97. The summed E-state index contributed by atoms with van der Waals surface area (Å²) < 4.78 is 0.715. The molecule has 0 spiro atoms. The number of carbonyl (C=O) groups excluding carboxylic acids is 3. The molecule has 2 aliphatic rings. The quantitative estimate of drug-likeness (QED) is 0.604. The van der Waals surface area contributed by atoms with Crippen molar-refractivity contribution in [3.05, 3.63) is 58.6 Å². The molecule has 1 atom stereocenters. The van der Waals surface area contributed by atoms with Gasteiger partial charge in [-0.1, -0.05) is 47.0 Å². The van der Waals surface area contributed by atoms with Crippen molar-refractivity contribution in [1.29, 1.82) is 0 Å². The Hall–Kier alpha value is -2.87. The van der Waals surface area contributed by atoms with Gasteiger partial charge in [-0.15, -0.1) is 0 Å². The van der Waals surface area contributed by atoms with Crippen LogP contribution in [0.2, 0.25) is 0 Å². The van der Waals surface area contributed by atoms with E-state index in [0.29, 0.717) is 15.7 Å². The summed E-state index contributed by atoms with van der Waals surface area (Å²) >= 11 is 3.44. The SMILES string of the molecule is CC1(c2ccccc2Br)NC(=O)N(CC(=O)Nc2ccc(N3CCCCCC3)cc2)C1=O. The maximum absolute atomic E-state index is 13.1. The first-order valence-electron chi connectivity index (χ1n) is 10.9. The van der Waals surface area contributed by atoms with E-state index in [2.05, 4.69) is 31.5 Å². The number of halogens is 1. The zero-order valence-corrected chi connectivity index (χ0v) is 19.7. The summed E-state index contributed by atoms with van der Waals surface area (Å²) in [6.45, 7) is 3.40. The summed E-state index contributed by atoms with van der Waals surface area (Å²) in [4.78, 5) is 41.5. The number of hydrogen-bond acceptors (Lipinski definition) is 4. The average molecular weight is 499 g/mol. The topological polar surface area (TPSA) is 81.8 Å². The van der Waals surface area contributed by atoms with Crippen molar-refractivity contribution >= 4 is 45.2 Å². The first kappa shape index (κ1) is 22.3. The standard InChI is InChI=1S/C24H27BrN4O3/c1-24(19-8-4-5-9-20(19)25)22(31)29(23(32)27-24)16-21(30)26-17-10-12-18(13-11-17)28-14-6-2-3-7-15-28/h4-5,8-13H,2-3,6-7,14-16H2,1H3,(H,26,30)(H,27,32). The Morgan fingerprint density at radius 3 is 2.34 bits per heavy atom. The number of amides is 4. The van der Waals surface area contributed by atoms with Crippen LogP contribution in [0.1, 0.15) is 38.2 Å². The van der Waals surface area contributed by atoms with Gasteiger partial charge in [-0.05, 0) is 50.1 Å². The number of nitrogens with zero attached hydrogens (tertiary/aromatic N) is 2. The van der Waals surface area contributed by atoms with Gasteiger partial charge in [0.05, 0.1) is 0 Å². The van der Waals surface area contributed by atoms with Gasteiger partial charge < -0.3 is 15.5 Å². The fourth-order valence-electron chi connectivity index (χ4n) is 4.32. The smallest absolute Gasteiger partial charge is 0.325 e. The lowest BCUT2D eigenvalue weighted by atomic mass is 9.92. The van der Waals surface area contributed by atoms with Crippen LogP contribution >= 0.6 is 15.9 Å². The van der Waals surface area contributed by atoms with Crippen LogP contribution in [0.4, 0.5) is 16.2 Å². The van der Waals surface area contributed by atoms with Crippen LogP contribution in [0.25, 0.3) is 0 Å². The maximum atomic E-state index is 13.1. The molecule has 32 heavy (non-hydrogen) atoms. The Kier molecular flexibility index (Phi) is 6.50. The number of hydrogen-bond donors (Lipinski definition) is 2. The van der Waals surface area contributed by atoms with E-state index in [1.165, 1.54) is 25.7 Å². The van der Waals surface area contributed by atoms with Crippen LogP contribution in [-0.2, 0) is 15.1 Å². The summed E-state index contributed by atoms with van der Waals surface area (Å²) in [6.07, 6.45) is 4.94. The normalized spacial score (nSPS) is 21.3. The third kappa shape index (κ3) is 4.50. The summed E-state index contributed by atoms with van der Waals surface area (Å²) in [5.41, 5.74) is 1.19. The van der Waals surface area contributed by atoms with E-state index in [0.717, 1.165) is 23.7 Å². The van der Waals surface area contributed by atoms with Crippen molar-refractivity contribution in [3.63, 3.8) is 0 Å². The minimum Gasteiger partial charge on any atom is -0.372 e. The molecule has 2 heterocycles. The van der Waals surface area contributed by atoms with Gasteiger partial charge in [-0.2, -0.15) is 0 Å². The first-order chi connectivity index (χ1) is 15.4. The molecule has 2 fully saturated rings. The zero-order valence-electron chi connectivity index (χ0n) is 18.1. The van der Waals surface area contributed by atoms with Crippen molar-refractivity contribution in [3.8, 4) is 0 Å². The van der Waals surface area contributed by atoms with Gasteiger partial charge in [-0.3, -0.25) is 14.5 Å². The number of anilines is 2. The Morgan fingerprint density at radius 1 is 1.03 bits per heavy atom. The highest BCUT2D eigenvalue weighted by atomic mass is 79.9. The number of nitrogens with one attached hydrogen (secondary N) is 2. The minimum absolute atomic E-state index is 0.349. The van der Waals surface area contributed by atoms with Crippen molar-refractivity contribution in [2.75, 3.05) is 29.9 Å². The molecule has 7 nitrogen and oxygen atoms in total. The predicted octanol–water partition coefficient (Wildman–Crippen LogP) is 4.24. The van der Waals surface area contributed by atoms with Gasteiger partial charge in [0, 0.05) is 34.5 Å². The van der Waals surface area contributed by atoms with Crippen LogP contribution in [0.3, 0.4) is 0 Å². The summed E-state index contributed by atoms with van der Waals surface area (Å²) in [5, 5.41) is 5.52. The van der Waals surface area contributed by atoms with E-state index < -0.39 is 23.4 Å². The molecule has 0 bridgehead atoms.